The van der Waals surface area contributed by atoms with Crippen molar-refractivity contribution in [3.63, 3.8) is 0 Å². The van der Waals surface area contributed by atoms with Crippen molar-refractivity contribution in [1.82, 2.24) is 19.4 Å². The third kappa shape index (κ3) is 8.54. The van der Waals surface area contributed by atoms with Gasteiger partial charge in [-0.15, -0.1) is 0 Å². The van der Waals surface area contributed by atoms with Gasteiger partial charge in [0, 0.05) is 44.8 Å². The van der Waals surface area contributed by atoms with Gasteiger partial charge in [0.15, 0.2) is 5.16 Å². The molecule has 1 aliphatic rings. The highest BCUT2D eigenvalue weighted by Gasteiger charge is 2.30. The van der Waals surface area contributed by atoms with Crippen LogP contribution in [0.4, 0.5) is 17.6 Å². The van der Waals surface area contributed by atoms with E-state index in [1.54, 1.807) is 0 Å². The van der Waals surface area contributed by atoms with Crippen LogP contribution in [0.3, 0.4) is 0 Å². The molecule has 0 fully saturated rings. The van der Waals surface area contributed by atoms with Crippen LogP contribution in [-0.2, 0) is 42.6 Å². The standard InChI is InChI=1S/C37H40F4N4O2S/c1-4-43(5-2)19-20-44(22-29-12-11-28(21-25(29)3)27-13-15-30(16-14-27)37(39,40)41)34(46)23-45-33-8-6-7-32(33)35(47)42-36(45)48-24-26-9-17-31(38)18-10-26/h9-18,21H,4-8,19-20,22-24H2,1-3H3/i4D2,5D2,11D,12D,13D,14D,15D,16D,21D,24D2. The zero-order valence-electron chi connectivity index (χ0n) is 39.3. The van der Waals surface area contributed by atoms with E-state index in [0.29, 0.717) is 42.3 Å². The van der Waals surface area contributed by atoms with Gasteiger partial charge in [-0.3, -0.25) is 9.59 Å². The Kier molecular flexibility index (Phi) is 7.07. The Hall–Kier alpha value is -3.96. The molecule has 0 atom stereocenters. The molecule has 0 aliphatic heterocycles. The number of carbonyl (C=O) groups is 1. The van der Waals surface area contributed by atoms with E-state index in [1.165, 1.54) is 23.6 Å². The summed E-state index contributed by atoms with van der Waals surface area (Å²) in [6.45, 7) is -3.15. The first-order valence-electron chi connectivity index (χ1n) is 21.4. The Labute approximate surface area is 301 Å². The third-order valence-electron chi connectivity index (χ3n) is 7.70. The van der Waals surface area contributed by atoms with Gasteiger partial charge in [-0.2, -0.15) is 18.2 Å². The van der Waals surface area contributed by atoms with Gasteiger partial charge in [0.2, 0.25) is 5.91 Å². The highest BCUT2D eigenvalue weighted by atomic mass is 32.2. The van der Waals surface area contributed by atoms with Gasteiger partial charge < -0.3 is 14.4 Å². The van der Waals surface area contributed by atoms with E-state index < -0.39 is 127 Å². The molecule has 48 heavy (non-hydrogen) atoms. The van der Waals surface area contributed by atoms with Crippen molar-refractivity contribution in [2.24, 2.45) is 0 Å². The number of halogens is 4. The molecule has 1 heterocycles. The van der Waals surface area contributed by atoms with Crippen LogP contribution in [0.5, 0.6) is 0 Å². The lowest BCUT2D eigenvalue weighted by molar-refractivity contribution is -0.137. The fourth-order valence-electron chi connectivity index (χ4n) is 5.11. The predicted molar refractivity (Wildman–Crippen MR) is 181 cm³/mol. The predicted octanol–water partition coefficient (Wildman–Crippen LogP) is 7.53. The molecule has 0 spiro atoms. The largest absolute Gasteiger partial charge is 0.416 e. The summed E-state index contributed by atoms with van der Waals surface area (Å²) >= 11 is 0.494. The molecule has 4 aromatic rings. The number of benzene rings is 3. The first-order chi connectivity index (χ1) is 28.0. The summed E-state index contributed by atoms with van der Waals surface area (Å²) in [4.78, 5) is 33.8. The van der Waals surface area contributed by atoms with Crippen molar-refractivity contribution < 1.29 is 40.2 Å². The van der Waals surface area contributed by atoms with Crippen molar-refractivity contribution in [3.8, 4) is 11.1 Å². The second-order valence-corrected chi connectivity index (χ2v) is 11.6. The normalized spacial score (nSPS) is 17.6. The van der Waals surface area contributed by atoms with Crippen molar-refractivity contribution in [3.05, 3.63) is 116 Å². The zero-order valence-corrected chi connectivity index (χ0v) is 27.1. The summed E-state index contributed by atoms with van der Waals surface area (Å²) < 4.78 is 166. The number of carbonyl (C=O) groups excluding carboxylic acids is 1. The van der Waals surface area contributed by atoms with Crippen LogP contribution in [-0.4, -0.2) is 51.3 Å². The van der Waals surface area contributed by atoms with Gasteiger partial charge in [-0.1, -0.05) is 68.0 Å². The Balaban J connectivity index is 1.64. The van der Waals surface area contributed by atoms with Crippen LogP contribution in [0.1, 0.15) is 71.6 Å². The van der Waals surface area contributed by atoms with Crippen molar-refractivity contribution >= 4 is 17.7 Å². The molecular weight excluding hydrogens is 640 g/mol. The SMILES string of the molecule is [2H]c1c([2H])c(-c2c([2H])c([2H])c(C(F)(F)F)c([2H])c2[2H])c([2H])c(C)c1CN(CCN(C([2H])([2H])C)C([2H])([2H])C)C(=O)Cn1c(SC([2H])([2H])c2ccc(F)cc2)nc(=O)c2c1CCC2. The fourth-order valence-corrected chi connectivity index (χ4v) is 5.87. The number of alkyl halides is 3. The maximum Gasteiger partial charge on any atom is 0.416 e. The number of fused-ring (bicyclic) bond motifs is 1. The maximum atomic E-state index is 14.6. The van der Waals surface area contributed by atoms with Crippen molar-refractivity contribution in [1.29, 1.82) is 0 Å². The molecule has 3 aromatic carbocycles. The second-order valence-electron chi connectivity index (χ2n) is 10.8. The molecule has 0 bridgehead atoms. The maximum absolute atomic E-state index is 14.6. The molecule has 1 aromatic heterocycles. The summed E-state index contributed by atoms with van der Waals surface area (Å²) in [6.07, 6.45) is -4.15. The van der Waals surface area contributed by atoms with E-state index in [0.717, 1.165) is 35.8 Å². The molecule has 1 amide bonds. The Morgan fingerprint density at radius 3 is 2.38 bits per heavy atom. The van der Waals surface area contributed by atoms with Crippen LogP contribution in [0.15, 0.2) is 76.5 Å². The Bertz CT molecular complexity index is 2370. The van der Waals surface area contributed by atoms with E-state index in [-0.39, 0.29) is 21.8 Å². The van der Waals surface area contributed by atoms with Crippen LogP contribution in [0.25, 0.3) is 11.1 Å². The number of hydrogen-bond donors (Lipinski definition) is 0. The van der Waals surface area contributed by atoms with Crippen LogP contribution in [0, 0.1) is 12.7 Å². The van der Waals surface area contributed by atoms with E-state index >= 15 is 0 Å². The minimum absolute atomic E-state index is 0.0273. The van der Waals surface area contributed by atoms with Gasteiger partial charge in [0.1, 0.15) is 12.4 Å². The molecule has 254 valence electrons. The lowest BCUT2D eigenvalue weighted by Crippen LogP contribution is -2.40. The number of thioether (sulfide) groups is 1. The summed E-state index contributed by atoms with van der Waals surface area (Å²) in [6, 6.07) is -2.97. The molecule has 0 radical (unpaired) electrons. The topological polar surface area (TPSA) is 58.4 Å². The highest BCUT2D eigenvalue weighted by molar-refractivity contribution is 7.98. The van der Waals surface area contributed by atoms with E-state index in [9.17, 15) is 27.2 Å². The Morgan fingerprint density at radius 1 is 1.02 bits per heavy atom. The van der Waals surface area contributed by atoms with Crippen molar-refractivity contribution in [2.45, 2.75) is 70.2 Å². The average molecular weight is 694 g/mol. The molecule has 1 aliphatic carbocycles. The summed E-state index contributed by atoms with van der Waals surface area (Å²) in [5, 5.41) is -0.204. The number of nitrogens with zero attached hydrogens (tertiary/aromatic N) is 4. The summed E-state index contributed by atoms with van der Waals surface area (Å²) in [5.74, 6) is -1.41. The molecule has 6 nitrogen and oxygen atoms in total. The number of likely N-dealkylation sites (N-methyl/N-ethyl adjacent to an activating group) is 1. The zero-order chi connectivity index (χ0) is 45.9. The van der Waals surface area contributed by atoms with Crippen molar-refractivity contribution in [2.75, 3.05) is 26.1 Å². The molecule has 5 rings (SSSR count). The van der Waals surface area contributed by atoms with E-state index in [1.807, 2.05) is 0 Å². The minimum atomic E-state index is -5.27. The number of hydrogen-bond acceptors (Lipinski definition) is 5. The summed E-state index contributed by atoms with van der Waals surface area (Å²) in [7, 11) is 0. The minimum Gasteiger partial charge on any atom is -0.336 e. The van der Waals surface area contributed by atoms with Gasteiger partial charge in [0.05, 0.1) is 15.2 Å². The van der Waals surface area contributed by atoms with E-state index in [2.05, 4.69) is 4.98 Å². The number of aromatic nitrogens is 2. The molecular formula is C37H40F4N4O2S. The van der Waals surface area contributed by atoms with E-state index in [4.69, 9.17) is 17.8 Å². The van der Waals surface area contributed by atoms with Crippen LogP contribution in [0.2, 0.25) is 0 Å². The average Bonchev–Trinajstić information content (AvgIpc) is 3.63. The van der Waals surface area contributed by atoms with Gasteiger partial charge >= 0.3 is 6.18 Å². The summed E-state index contributed by atoms with van der Waals surface area (Å²) in [5.41, 5.74) is -5.84. The molecule has 0 saturated carbocycles. The highest BCUT2D eigenvalue weighted by Crippen LogP contribution is 2.32. The lowest BCUT2D eigenvalue weighted by atomic mass is 9.98. The Morgan fingerprint density at radius 2 is 1.71 bits per heavy atom. The molecule has 0 saturated heterocycles. The lowest BCUT2D eigenvalue weighted by Gasteiger charge is -2.28. The quantitative estimate of drug-likeness (QED) is 0.0824. The van der Waals surface area contributed by atoms with Gasteiger partial charge in [-0.05, 0) is 91.2 Å². The fraction of sp³-hybridized carbons (Fsp3) is 0.378. The third-order valence-corrected chi connectivity index (χ3v) is 8.53. The smallest absolute Gasteiger partial charge is 0.336 e. The monoisotopic (exact) mass is 693 g/mol. The van der Waals surface area contributed by atoms with Crippen LogP contribution < -0.4 is 5.56 Å². The van der Waals surface area contributed by atoms with Crippen LogP contribution >= 0.6 is 11.8 Å². The first-order valence-corrected chi connectivity index (χ1v) is 15.7. The second kappa shape index (κ2) is 15.5. The molecule has 11 heteroatoms. The van der Waals surface area contributed by atoms with Gasteiger partial charge in [0.25, 0.3) is 5.56 Å². The number of rotatable bonds is 13. The first kappa shape index (κ1) is 21.9. The number of amides is 1. The molecule has 0 N–H and O–H groups in total. The van der Waals surface area contributed by atoms with Gasteiger partial charge in [-0.25, -0.2) is 4.39 Å². The molecule has 0 unspecified atom stereocenters.